The largest absolute Gasteiger partial charge is 0.497 e. The van der Waals surface area contributed by atoms with Gasteiger partial charge in [0.05, 0.1) is 19.2 Å². The number of nitrogens with one attached hydrogen (secondary N) is 2. The molecule has 0 saturated heterocycles. The maximum atomic E-state index is 12.1. The van der Waals surface area contributed by atoms with Crippen molar-refractivity contribution in [3.63, 3.8) is 0 Å². The quantitative estimate of drug-likeness (QED) is 0.685. The Hall–Kier alpha value is -3.02. The Morgan fingerprint density at radius 1 is 1.13 bits per heavy atom. The van der Waals surface area contributed by atoms with Crippen LogP contribution in [0.3, 0.4) is 0 Å². The molecule has 0 fully saturated rings. The van der Waals surface area contributed by atoms with E-state index in [0.717, 1.165) is 22.4 Å². The molecule has 2 N–H and O–H groups in total. The average Bonchev–Trinajstić information content (AvgIpc) is 3.03. The van der Waals surface area contributed by atoms with E-state index in [1.807, 2.05) is 48.5 Å². The second kappa shape index (κ2) is 6.83. The van der Waals surface area contributed by atoms with Crippen LogP contribution in [0.25, 0.3) is 10.9 Å². The zero-order chi connectivity index (χ0) is 16.1. The van der Waals surface area contributed by atoms with Crippen molar-refractivity contribution in [2.75, 3.05) is 20.3 Å². The first kappa shape index (κ1) is 14.9. The first-order valence-electron chi connectivity index (χ1n) is 7.26. The molecule has 0 aliphatic rings. The Morgan fingerprint density at radius 3 is 2.65 bits per heavy atom. The Bertz CT molecular complexity index is 796. The molecule has 1 amide bonds. The first-order chi connectivity index (χ1) is 11.3. The number of rotatable bonds is 6. The maximum Gasteiger partial charge on any atom is 0.272 e. The third kappa shape index (κ3) is 3.42. The molecule has 0 aliphatic carbocycles. The molecule has 1 aromatic heterocycles. The van der Waals surface area contributed by atoms with Gasteiger partial charge in [-0.3, -0.25) is 9.89 Å². The summed E-state index contributed by atoms with van der Waals surface area (Å²) < 4.78 is 10.6. The number of benzene rings is 2. The zero-order valence-corrected chi connectivity index (χ0v) is 12.7. The molecule has 0 aliphatic heterocycles. The van der Waals surface area contributed by atoms with Crippen LogP contribution >= 0.6 is 0 Å². The number of amides is 1. The van der Waals surface area contributed by atoms with E-state index in [9.17, 15) is 4.79 Å². The van der Waals surface area contributed by atoms with Crippen LogP contribution in [0.1, 0.15) is 10.5 Å². The highest BCUT2D eigenvalue weighted by atomic mass is 16.5. The van der Waals surface area contributed by atoms with Crippen LogP contribution in [0, 0.1) is 0 Å². The number of aromatic amines is 1. The molecule has 0 saturated carbocycles. The van der Waals surface area contributed by atoms with Crippen LogP contribution in [-0.2, 0) is 0 Å². The lowest BCUT2D eigenvalue weighted by Gasteiger charge is -2.07. The third-order valence-electron chi connectivity index (χ3n) is 3.40. The summed E-state index contributed by atoms with van der Waals surface area (Å²) in [4.78, 5) is 12.1. The summed E-state index contributed by atoms with van der Waals surface area (Å²) in [5.41, 5.74) is 1.23. The van der Waals surface area contributed by atoms with Crippen molar-refractivity contribution >= 4 is 16.8 Å². The van der Waals surface area contributed by atoms with Gasteiger partial charge in [0.25, 0.3) is 5.91 Å². The molecule has 118 valence electrons. The minimum Gasteiger partial charge on any atom is -0.497 e. The minimum absolute atomic E-state index is 0.221. The summed E-state index contributed by atoms with van der Waals surface area (Å²) in [5, 5.41) is 10.5. The number of ether oxygens (including phenoxy) is 2. The predicted molar refractivity (Wildman–Crippen MR) is 86.9 cm³/mol. The standard InChI is InChI=1S/C17H17N3O3/c1-22-12-6-8-13(9-7-12)23-11-10-18-17(21)16-14-4-2-3-5-15(14)19-20-16/h2-9H,10-11H2,1H3,(H,18,21)(H,19,20). The summed E-state index contributed by atoms with van der Waals surface area (Å²) in [6, 6.07) is 14.8. The number of fused-ring (bicyclic) bond motifs is 1. The summed E-state index contributed by atoms with van der Waals surface area (Å²) in [5.74, 6) is 1.28. The highest BCUT2D eigenvalue weighted by Crippen LogP contribution is 2.17. The Kier molecular flexibility index (Phi) is 4.42. The highest BCUT2D eigenvalue weighted by Gasteiger charge is 2.12. The summed E-state index contributed by atoms with van der Waals surface area (Å²) in [6.45, 7) is 0.770. The van der Waals surface area contributed by atoms with Gasteiger partial charge < -0.3 is 14.8 Å². The third-order valence-corrected chi connectivity index (χ3v) is 3.40. The van der Waals surface area contributed by atoms with E-state index in [0.29, 0.717) is 18.8 Å². The van der Waals surface area contributed by atoms with Crippen LogP contribution in [0.4, 0.5) is 0 Å². The van der Waals surface area contributed by atoms with Gasteiger partial charge in [-0.05, 0) is 30.3 Å². The molecular weight excluding hydrogens is 294 g/mol. The predicted octanol–water partition coefficient (Wildman–Crippen LogP) is 2.38. The molecular formula is C17H17N3O3. The van der Waals surface area contributed by atoms with E-state index in [4.69, 9.17) is 9.47 Å². The van der Waals surface area contributed by atoms with E-state index in [2.05, 4.69) is 15.5 Å². The monoisotopic (exact) mass is 311 g/mol. The number of carbonyl (C=O) groups is 1. The maximum absolute atomic E-state index is 12.1. The van der Waals surface area contributed by atoms with Crippen LogP contribution in [0.2, 0.25) is 0 Å². The second-order valence-corrected chi connectivity index (χ2v) is 4.90. The fourth-order valence-corrected chi connectivity index (χ4v) is 2.23. The van der Waals surface area contributed by atoms with Crippen LogP contribution < -0.4 is 14.8 Å². The number of methoxy groups -OCH3 is 1. The Morgan fingerprint density at radius 2 is 1.87 bits per heavy atom. The molecule has 2 aromatic carbocycles. The number of hydrogen-bond donors (Lipinski definition) is 2. The molecule has 0 spiro atoms. The fourth-order valence-electron chi connectivity index (χ4n) is 2.23. The number of carbonyl (C=O) groups excluding carboxylic acids is 1. The van der Waals surface area contributed by atoms with Gasteiger partial charge in [-0.25, -0.2) is 0 Å². The van der Waals surface area contributed by atoms with Crippen molar-refractivity contribution < 1.29 is 14.3 Å². The lowest BCUT2D eigenvalue weighted by Crippen LogP contribution is -2.28. The number of para-hydroxylation sites is 1. The Balaban J connectivity index is 1.51. The van der Waals surface area contributed by atoms with Crippen molar-refractivity contribution in [3.05, 3.63) is 54.2 Å². The average molecular weight is 311 g/mol. The Labute approximate surface area is 133 Å². The molecule has 0 atom stereocenters. The van der Waals surface area contributed by atoms with Gasteiger partial charge in [-0.15, -0.1) is 0 Å². The van der Waals surface area contributed by atoms with Gasteiger partial charge in [-0.1, -0.05) is 18.2 Å². The molecule has 0 bridgehead atoms. The number of aromatic nitrogens is 2. The van der Waals surface area contributed by atoms with Gasteiger partial charge >= 0.3 is 0 Å². The van der Waals surface area contributed by atoms with Gasteiger partial charge in [0.15, 0.2) is 5.69 Å². The number of nitrogens with zero attached hydrogens (tertiary/aromatic N) is 1. The number of H-pyrrole nitrogens is 1. The van der Waals surface area contributed by atoms with Crippen molar-refractivity contribution in [3.8, 4) is 11.5 Å². The van der Waals surface area contributed by atoms with Crippen LogP contribution in [-0.4, -0.2) is 36.4 Å². The zero-order valence-electron chi connectivity index (χ0n) is 12.7. The summed E-state index contributed by atoms with van der Waals surface area (Å²) >= 11 is 0. The molecule has 0 radical (unpaired) electrons. The van der Waals surface area contributed by atoms with Crippen LogP contribution in [0.5, 0.6) is 11.5 Å². The van der Waals surface area contributed by atoms with Gasteiger partial charge in [-0.2, -0.15) is 5.10 Å². The highest BCUT2D eigenvalue weighted by molar-refractivity contribution is 6.04. The second-order valence-electron chi connectivity index (χ2n) is 4.90. The molecule has 3 rings (SSSR count). The van der Waals surface area contributed by atoms with Gasteiger partial charge in [0.1, 0.15) is 18.1 Å². The minimum atomic E-state index is -0.221. The van der Waals surface area contributed by atoms with Crippen molar-refractivity contribution in [1.29, 1.82) is 0 Å². The number of hydrogen-bond acceptors (Lipinski definition) is 4. The molecule has 1 heterocycles. The SMILES string of the molecule is COc1ccc(OCCNC(=O)c2n[nH]c3ccccc23)cc1. The fraction of sp³-hybridized carbons (Fsp3) is 0.176. The van der Waals surface area contributed by atoms with Gasteiger partial charge in [0, 0.05) is 5.39 Å². The first-order valence-corrected chi connectivity index (χ1v) is 7.26. The lowest BCUT2D eigenvalue weighted by molar-refractivity contribution is 0.0943. The smallest absolute Gasteiger partial charge is 0.272 e. The van der Waals surface area contributed by atoms with Crippen molar-refractivity contribution in [2.45, 2.75) is 0 Å². The normalized spacial score (nSPS) is 10.5. The molecule has 6 nitrogen and oxygen atoms in total. The summed E-state index contributed by atoms with van der Waals surface area (Å²) in [7, 11) is 1.62. The van der Waals surface area contributed by atoms with Gasteiger partial charge in [0.2, 0.25) is 0 Å². The van der Waals surface area contributed by atoms with Crippen molar-refractivity contribution in [2.24, 2.45) is 0 Å². The topological polar surface area (TPSA) is 76.2 Å². The summed E-state index contributed by atoms with van der Waals surface area (Å²) in [6.07, 6.45) is 0. The molecule has 0 unspecified atom stereocenters. The van der Waals surface area contributed by atoms with Crippen LogP contribution in [0.15, 0.2) is 48.5 Å². The molecule has 6 heteroatoms. The lowest BCUT2D eigenvalue weighted by atomic mass is 10.2. The van der Waals surface area contributed by atoms with E-state index < -0.39 is 0 Å². The molecule has 3 aromatic rings. The molecule has 23 heavy (non-hydrogen) atoms. The van der Waals surface area contributed by atoms with E-state index >= 15 is 0 Å². The van der Waals surface area contributed by atoms with E-state index in [1.165, 1.54) is 0 Å². The van der Waals surface area contributed by atoms with E-state index in [1.54, 1.807) is 7.11 Å². The van der Waals surface area contributed by atoms with E-state index in [-0.39, 0.29) is 5.91 Å². The van der Waals surface area contributed by atoms with Crippen molar-refractivity contribution in [1.82, 2.24) is 15.5 Å².